The van der Waals surface area contributed by atoms with E-state index in [9.17, 15) is 9.59 Å². The molecule has 2 heterocycles. The molecule has 2 amide bonds. The lowest BCUT2D eigenvalue weighted by Gasteiger charge is -2.33. The highest BCUT2D eigenvalue weighted by molar-refractivity contribution is 6.00. The summed E-state index contributed by atoms with van der Waals surface area (Å²) in [5.41, 5.74) is 0.834. The summed E-state index contributed by atoms with van der Waals surface area (Å²) in [5.74, 6) is 1.34. The minimum absolute atomic E-state index is 0.0302. The number of nitrogens with zero attached hydrogens (tertiary/aromatic N) is 2. The summed E-state index contributed by atoms with van der Waals surface area (Å²) < 4.78 is 5.15. The monoisotopic (exact) mass is 330 g/mol. The number of methoxy groups -OCH3 is 1. The van der Waals surface area contributed by atoms with Crippen molar-refractivity contribution >= 4 is 17.5 Å². The Balaban J connectivity index is 1.66. The highest BCUT2D eigenvalue weighted by Crippen LogP contribution is 2.29. The number of hydrogen-bond acceptors (Lipinski definition) is 3. The molecule has 0 bridgehead atoms. The molecule has 0 saturated carbocycles. The molecule has 0 N–H and O–H groups in total. The summed E-state index contributed by atoms with van der Waals surface area (Å²) in [7, 11) is 1.62. The molecule has 0 unspecified atom stereocenters. The molecule has 24 heavy (non-hydrogen) atoms. The van der Waals surface area contributed by atoms with Gasteiger partial charge < -0.3 is 14.5 Å². The van der Waals surface area contributed by atoms with Crippen LogP contribution in [-0.2, 0) is 9.59 Å². The van der Waals surface area contributed by atoms with Crippen LogP contribution in [0.5, 0.6) is 5.75 Å². The van der Waals surface area contributed by atoms with Gasteiger partial charge in [-0.1, -0.05) is 13.3 Å². The van der Waals surface area contributed by atoms with Crippen molar-refractivity contribution in [2.75, 3.05) is 31.6 Å². The number of hydrogen-bond donors (Lipinski definition) is 0. The van der Waals surface area contributed by atoms with Crippen molar-refractivity contribution in [2.24, 2.45) is 11.8 Å². The summed E-state index contributed by atoms with van der Waals surface area (Å²) in [4.78, 5) is 28.9. The van der Waals surface area contributed by atoms with Gasteiger partial charge in [-0.15, -0.1) is 0 Å². The number of ether oxygens (including phenoxy) is 1. The maximum absolute atomic E-state index is 12.8. The van der Waals surface area contributed by atoms with E-state index in [2.05, 4.69) is 6.92 Å². The molecule has 0 spiro atoms. The van der Waals surface area contributed by atoms with Gasteiger partial charge in [0, 0.05) is 31.7 Å². The van der Waals surface area contributed by atoms with E-state index in [-0.39, 0.29) is 17.7 Å². The second-order valence-corrected chi connectivity index (χ2v) is 6.80. The summed E-state index contributed by atoms with van der Waals surface area (Å²) in [6, 6.07) is 7.43. The number of piperidine rings is 1. The predicted molar refractivity (Wildman–Crippen MR) is 93.0 cm³/mol. The third-order valence-electron chi connectivity index (χ3n) is 5.27. The summed E-state index contributed by atoms with van der Waals surface area (Å²) in [5, 5.41) is 0. The van der Waals surface area contributed by atoms with E-state index in [1.54, 1.807) is 12.0 Å². The lowest BCUT2D eigenvalue weighted by atomic mass is 9.94. The van der Waals surface area contributed by atoms with Crippen molar-refractivity contribution in [1.82, 2.24) is 4.90 Å². The van der Waals surface area contributed by atoms with E-state index in [4.69, 9.17) is 4.74 Å². The molecule has 5 nitrogen and oxygen atoms in total. The van der Waals surface area contributed by atoms with Crippen LogP contribution < -0.4 is 9.64 Å². The molecular formula is C19H26N2O3. The normalized spacial score (nSPS) is 24.3. The molecular weight excluding hydrogens is 304 g/mol. The summed E-state index contributed by atoms with van der Waals surface area (Å²) in [6.45, 7) is 4.35. The van der Waals surface area contributed by atoms with Crippen molar-refractivity contribution in [3.63, 3.8) is 0 Å². The van der Waals surface area contributed by atoms with Gasteiger partial charge in [-0.3, -0.25) is 9.59 Å². The van der Waals surface area contributed by atoms with Gasteiger partial charge in [0.15, 0.2) is 0 Å². The number of carbonyl (C=O) groups excluding carboxylic acids is 2. The van der Waals surface area contributed by atoms with Gasteiger partial charge in [-0.2, -0.15) is 0 Å². The van der Waals surface area contributed by atoms with Crippen LogP contribution in [0.4, 0.5) is 5.69 Å². The fourth-order valence-corrected chi connectivity index (χ4v) is 3.74. The van der Waals surface area contributed by atoms with Crippen LogP contribution in [0.2, 0.25) is 0 Å². The molecule has 130 valence electrons. The molecule has 3 rings (SSSR count). The number of carbonyl (C=O) groups is 2. The Hall–Kier alpha value is -2.04. The highest BCUT2D eigenvalue weighted by Gasteiger charge is 2.38. The highest BCUT2D eigenvalue weighted by atomic mass is 16.5. The number of likely N-dealkylation sites (tertiary alicyclic amines) is 1. The molecule has 2 aliphatic rings. The van der Waals surface area contributed by atoms with Crippen molar-refractivity contribution in [3.05, 3.63) is 24.3 Å². The van der Waals surface area contributed by atoms with E-state index in [1.165, 1.54) is 6.42 Å². The molecule has 2 aliphatic heterocycles. The molecule has 1 aromatic rings. The summed E-state index contributed by atoms with van der Waals surface area (Å²) >= 11 is 0. The first-order valence-corrected chi connectivity index (χ1v) is 8.85. The van der Waals surface area contributed by atoms with Gasteiger partial charge in [0.25, 0.3) is 0 Å². The van der Waals surface area contributed by atoms with Gasteiger partial charge in [-0.25, -0.2) is 0 Å². The minimum Gasteiger partial charge on any atom is -0.497 e. The maximum Gasteiger partial charge on any atom is 0.228 e. The smallest absolute Gasteiger partial charge is 0.228 e. The lowest BCUT2D eigenvalue weighted by Crippen LogP contribution is -2.43. The first kappa shape index (κ1) is 16.8. The number of anilines is 1. The molecule has 5 heteroatoms. The predicted octanol–water partition coefficient (Wildman–Crippen LogP) is 2.70. The fraction of sp³-hybridized carbons (Fsp3) is 0.579. The van der Waals surface area contributed by atoms with E-state index < -0.39 is 0 Å². The van der Waals surface area contributed by atoms with Crippen LogP contribution in [0.1, 0.15) is 32.6 Å². The number of benzene rings is 1. The van der Waals surface area contributed by atoms with Gasteiger partial charge in [0.1, 0.15) is 5.75 Å². The summed E-state index contributed by atoms with van der Waals surface area (Å²) in [6.07, 6.45) is 3.72. The van der Waals surface area contributed by atoms with Gasteiger partial charge in [0.05, 0.1) is 13.0 Å². The first-order valence-electron chi connectivity index (χ1n) is 8.85. The van der Waals surface area contributed by atoms with Gasteiger partial charge in [-0.05, 0) is 43.0 Å². The number of rotatable bonds is 4. The van der Waals surface area contributed by atoms with Crippen LogP contribution in [-0.4, -0.2) is 43.5 Å². The van der Waals surface area contributed by atoms with Crippen molar-refractivity contribution in [2.45, 2.75) is 32.6 Å². The SMILES string of the molecule is CC[C@@H]1CCCN(C(=O)[C@@H]2CC(=O)N(c3ccc(OC)cc3)C2)C1. The Labute approximate surface area is 143 Å². The molecule has 0 aromatic heterocycles. The van der Waals surface area contributed by atoms with Crippen molar-refractivity contribution in [3.8, 4) is 5.75 Å². The van der Waals surface area contributed by atoms with Gasteiger partial charge >= 0.3 is 0 Å². The largest absolute Gasteiger partial charge is 0.497 e. The van der Waals surface area contributed by atoms with E-state index in [0.717, 1.165) is 37.4 Å². The Bertz CT molecular complexity index is 599. The third kappa shape index (κ3) is 3.40. The maximum atomic E-state index is 12.8. The minimum atomic E-state index is -0.213. The Morgan fingerprint density at radius 3 is 2.67 bits per heavy atom. The fourth-order valence-electron chi connectivity index (χ4n) is 3.74. The van der Waals surface area contributed by atoms with E-state index in [1.807, 2.05) is 29.2 Å². The first-order chi connectivity index (χ1) is 11.6. The van der Waals surface area contributed by atoms with Crippen LogP contribution >= 0.6 is 0 Å². The lowest BCUT2D eigenvalue weighted by molar-refractivity contribution is -0.137. The van der Waals surface area contributed by atoms with E-state index in [0.29, 0.717) is 18.9 Å². The third-order valence-corrected chi connectivity index (χ3v) is 5.27. The molecule has 1 aromatic carbocycles. The molecule has 2 saturated heterocycles. The van der Waals surface area contributed by atoms with Crippen LogP contribution in [0, 0.1) is 11.8 Å². The van der Waals surface area contributed by atoms with Gasteiger partial charge in [0.2, 0.25) is 11.8 Å². The quantitative estimate of drug-likeness (QED) is 0.853. The average Bonchev–Trinajstić information content (AvgIpc) is 3.03. The second-order valence-electron chi connectivity index (χ2n) is 6.80. The van der Waals surface area contributed by atoms with Crippen LogP contribution in [0.25, 0.3) is 0 Å². The molecule has 0 radical (unpaired) electrons. The van der Waals surface area contributed by atoms with Crippen LogP contribution in [0.3, 0.4) is 0 Å². The topological polar surface area (TPSA) is 49.9 Å². The number of amides is 2. The Morgan fingerprint density at radius 2 is 2.00 bits per heavy atom. The van der Waals surface area contributed by atoms with Crippen molar-refractivity contribution in [1.29, 1.82) is 0 Å². The van der Waals surface area contributed by atoms with Crippen LogP contribution in [0.15, 0.2) is 24.3 Å². The van der Waals surface area contributed by atoms with E-state index >= 15 is 0 Å². The van der Waals surface area contributed by atoms with Crippen molar-refractivity contribution < 1.29 is 14.3 Å². The Morgan fingerprint density at radius 1 is 1.25 bits per heavy atom. The molecule has 2 atom stereocenters. The average molecular weight is 330 g/mol. The molecule has 2 fully saturated rings. The zero-order chi connectivity index (χ0) is 17.1. The standard InChI is InChI=1S/C19H26N2O3/c1-3-14-5-4-10-20(12-14)19(23)15-11-18(22)21(13-15)16-6-8-17(24-2)9-7-16/h6-9,14-15H,3-5,10-13H2,1-2H3/t14-,15-/m1/s1. The second kappa shape index (κ2) is 7.24. The zero-order valence-electron chi connectivity index (χ0n) is 14.5. The zero-order valence-corrected chi connectivity index (χ0v) is 14.5. The molecule has 0 aliphatic carbocycles. The Kier molecular flexibility index (Phi) is 5.07.